The van der Waals surface area contributed by atoms with Gasteiger partial charge in [-0.25, -0.2) is 4.98 Å². The number of nitrogens with one attached hydrogen (secondary N) is 1. The molecule has 1 atom stereocenters. The number of rotatable bonds is 7. The highest BCUT2D eigenvalue weighted by molar-refractivity contribution is 7.15. The number of carbonyl (C=O) groups excluding carboxylic acids is 1. The van der Waals surface area contributed by atoms with Crippen molar-refractivity contribution in [3.8, 4) is 11.5 Å². The van der Waals surface area contributed by atoms with Gasteiger partial charge in [0.1, 0.15) is 11.5 Å². The summed E-state index contributed by atoms with van der Waals surface area (Å²) in [6, 6.07) is 7.45. The Hall–Kier alpha value is -2.08. The molecule has 0 radical (unpaired) electrons. The minimum absolute atomic E-state index is 0.00296. The number of aryl methyl sites for hydroxylation is 1. The molecule has 5 nitrogen and oxygen atoms in total. The number of nitrogens with zero attached hydrogens (tertiary/aromatic N) is 1. The third-order valence-electron chi connectivity index (χ3n) is 5.29. The van der Waals surface area contributed by atoms with Crippen molar-refractivity contribution in [1.82, 2.24) is 4.98 Å². The second-order valence-electron chi connectivity index (χ2n) is 8.37. The number of anilines is 1. The first kappa shape index (κ1) is 20.6. The van der Waals surface area contributed by atoms with Gasteiger partial charge in [0.05, 0.1) is 19.4 Å². The average molecular weight is 403 g/mol. The Labute approximate surface area is 171 Å². The van der Waals surface area contributed by atoms with E-state index < -0.39 is 0 Å². The number of ether oxygens (including phenoxy) is 2. The minimum Gasteiger partial charge on any atom is -0.497 e. The number of hydrogen-bond acceptors (Lipinski definition) is 5. The molecule has 0 saturated carbocycles. The maximum atomic E-state index is 12.2. The highest BCUT2D eigenvalue weighted by Gasteiger charge is 2.30. The van der Waals surface area contributed by atoms with E-state index >= 15 is 0 Å². The molecule has 6 heteroatoms. The molecule has 1 amide bonds. The first-order chi connectivity index (χ1) is 13.3. The van der Waals surface area contributed by atoms with Gasteiger partial charge in [0.2, 0.25) is 5.91 Å². The standard InChI is InChI=1S/C22H30N2O3S/c1-22(2,3)15-7-12-18-19(14-15)28-21(23-18)24-20(25)6-5-13-27-17-10-8-16(26-4)9-11-17/h8-11,15H,5-7,12-14H2,1-4H3,(H,23,24,25). The Bertz CT molecular complexity index is 793. The second-order valence-corrected chi connectivity index (χ2v) is 9.45. The molecule has 0 aliphatic heterocycles. The fourth-order valence-corrected chi connectivity index (χ4v) is 4.55. The van der Waals surface area contributed by atoms with Gasteiger partial charge in [-0.1, -0.05) is 20.8 Å². The molecule has 0 saturated heterocycles. The Balaban J connectivity index is 1.42. The van der Waals surface area contributed by atoms with Gasteiger partial charge in [0, 0.05) is 11.3 Å². The molecular weight excluding hydrogens is 372 g/mol. The maximum absolute atomic E-state index is 12.2. The zero-order valence-corrected chi connectivity index (χ0v) is 18.0. The lowest BCUT2D eigenvalue weighted by Crippen LogP contribution is -2.26. The number of hydrogen-bond donors (Lipinski definition) is 1. The average Bonchev–Trinajstić information content (AvgIpc) is 3.06. The summed E-state index contributed by atoms with van der Waals surface area (Å²) in [6.07, 6.45) is 4.35. The van der Waals surface area contributed by atoms with Crippen molar-refractivity contribution in [1.29, 1.82) is 0 Å². The number of thiazole rings is 1. The van der Waals surface area contributed by atoms with Gasteiger partial charge in [0.25, 0.3) is 0 Å². The summed E-state index contributed by atoms with van der Waals surface area (Å²) in [5, 5.41) is 3.70. The number of carbonyl (C=O) groups is 1. The molecule has 152 valence electrons. The van der Waals surface area contributed by atoms with E-state index in [2.05, 4.69) is 31.1 Å². The van der Waals surface area contributed by atoms with E-state index in [4.69, 9.17) is 9.47 Å². The monoisotopic (exact) mass is 402 g/mol. The van der Waals surface area contributed by atoms with Gasteiger partial charge in [-0.2, -0.15) is 0 Å². The zero-order valence-electron chi connectivity index (χ0n) is 17.2. The van der Waals surface area contributed by atoms with Gasteiger partial charge < -0.3 is 14.8 Å². The van der Waals surface area contributed by atoms with Crippen LogP contribution in [0.2, 0.25) is 0 Å². The molecule has 1 aromatic heterocycles. The predicted molar refractivity (Wildman–Crippen MR) is 113 cm³/mol. The predicted octanol–water partition coefficient (Wildman–Crippen LogP) is 5.10. The lowest BCUT2D eigenvalue weighted by molar-refractivity contribution is -0.116. The van der Waals surface area contributed by atoms with Crippen LogP contribution in [-0.2, 0) is 17.6 Å². The van der Waals surface area contributed by atoms with Crippen LogP contribution in [0.5, 0.6) is 11.5 Å². The Morgan fingerprint density at radius 2 is 1.96 bits per heavy atom. The van der Waals surface area contributed by atoms with Crippen molar-refractivity contribution in [2.75, 3.05) is 19.0 Å². The molecule has 1 heterocycles. The topological polar surface area (TPSA) is 60.5 Å². The molecule has 28 heavy (non-hydrogen) atoms. The van der Waals surface area contributed by atoms with Gasteiger partial charge in [-0.15, -0.1) is 11.3 Å². The zero-order chi connectivity index (χ0) is 20.1. The van der Waals surface area contributed by atoms with Crippen LogP contribution in [0.1, 0.15) is 50.6 Å². The quantitative estimate of drug-likeness (QED) is 0.655. The van der Waals surface area contributed by atoms with Crippen molar-refractivity contribution in [2.45, 2.75) is 52.9 Å². The summed E-state index contributed by atoms with van der Waals surface area (Å²) in [5.74, 6) is 2.25. The largest absolute Gasteiger partial charge is 0.497 e. The minimum atomic E-state index is -0.00296. The summed E-state index contributed by atoms with van der Waals surface area (Å²) >= 11 is 1.64. The van der Waals surface area contributed by atoms with Crippen LogP contribution in [-0.4, -0.2) is 24.6 Å². The SMILES string of the molecule is COc1ccc(OCCCC(=O)Nc2nc3c(s2)CC(C(C)(C)C)CC3)cc1. The van der Waals surface area contributed by atoms with Crippen molar-refractivity contribution in [3.63, 3.8) is 0 Å². The van der Waals surface area contributed by atoms with Crippen molar-refractivity contribution >= 4 is 22.4 Å². The maximum Gasteiger partial charge on any atom is 0.226 e. The smallest absolute Gasteiger partial charge is 0.226 e. The second kappa shape index (κ2) is 8.95. The van der Waals surface area contributed by atoms with Gasteiger partial charge in [-0.05, 0) is 61.3 Å². The van der Waals surface area contributed by atoms with Crippen molar-refractivity contribution in [2.24, 2.45) is 11.3 Å². The first-order valence-electron chi connectivity index (χ1n) is 9.90. The highest BCUT2D eigenvalue weighted by atomic mass is 32.1. The molecule has 3 rings (SSSR count). The van der Waals surface area contributed by atoms with Crippen molar-refractivity contribution in [3.05, 3.63) is 34.8 Å². The molecule has 1 aromatic carbocycles. The van der Waals surface area contributed by atoms with Gasteiger partial charge in [0.15, 0.2) is 5.13 Å². The molecule has 1 unspecified atom stereocenters. The van der Waals surface area contributed by atoms with E-state index in [-0.39, 0.29) is 5.91 Å². The molecule has 1 aliphatic rings. The van der Waals surface area contributed by atoms with E-state index in [0.717, 1.165) is 29.5 Å². The van der Waals surface area contributed by atoms with Crippen LogP contribution in [0.3, 0.4) is 0 Å². The third kappa shape index (κ3) is 5.47. The van der Waals surface area contributed by atoms with E-state index in [0.29, 0.717) is 30.8 Å². The Morgan fingerprint density at radius 1 is 1.25 bits per heavy atom. The summed E-state index contributed by atoms with van der Waals surface area (Å²) in [4.78, 5) is 18.2. The summed E-state index contributed by atoms with van der Waals surface area (Å²) in [7, 11) is 1.64. The normalized spacial score (nSPS) is 16.4. The van der Waals surface area contributed by atoms with Gasteiger partial charge >= 0.3 is 0 Å². The first-order valence-corrected chi connectivity index (χ1v) is 10.7. The third-order valence-corrected chi connectivity index (χ3v) is 6.32. The lowest BCUT2D eigenvalue weighted by Gasteiger charge is -2.33. The molecular formula is C22H30N2O3S. The molecule has 2 aromatic rings. The molecule has 1 N–H and O–H groups in total. The summed E-state index contributed by atoms with van der Waals surface area (Å²) in [6.45, 7) is 7.42. The van der Waals surface area contributed by atoms with Crippen LogP contribution in [0.4, 0.5) is 5.13 Å². The van der Waals surface area contributed by atoms with Crippen LogP contribution in [0, 0.1) is 11.3 Å². The fraction of sp³-hybridized carbons (Fsp3) is 0.545. The lowest BCUT2D eigenvalue weighted by atomic mass is 9.73. The Kier molecular flexibility index (Phi) is 6.60. The van der Waals surface area contributed by atoms with E-state index in [1.165, 1.54) is 17.0 Å². The number of benzene rings is 1. The molecule has 0 spiro atoms. The number of amides is 1. The summed E-state index contributed by atoms with van der Waals surface area (Å²) < 4.78 is 10.8. The molecule has 0 fully saturated rings. The molecule has 0 bridgehead atoms. The highest BCUT2D eigenvalue weighted by Crippen LogP contribution is 2.40. The van der Waals surface area contributed by atoms with E-state index in [9.17, 15) is 4.79 Å². The number of methoxy groups -OCH3 is 1. The van der Waals surface area contributed by atoms with Crippen molar-refractivity contribution < 1.29 is 14.3 Å². The van der Waals surface area contributed by atoms with Gasteiger partial charge in [-0.3, -0.25) is 4.79 Å². The number of fused-ring (bicyclic) bond motifs is 1. The van der Waals surface area contributed by atoms with Crippen LogP contribution in [0.25, 0.3) is 0 Å². The molecule has 1 aliphatic carbocycles. The fourth-order valence-electron chi connectivity index (χ4n) is 3.44. The number of aromatic nitrogens is 1. The summed E-state index contributed by atoms with van der Waals surface area (Å²) in [5.41, 5.74) is 1.48. The van der Waals surface area contributed by atoms with E-state index in [1.54, 1.807) is 18.4 Å². The van der Waals surface area contributed by atoms with Crippen LogP contribution in [0.15, 0.2) is 24.3 Å². The van der Waals surface area contributed by atoms with Crippen LogP contribution < -0.4 is 14.8 Å². The van der Waals surface area contributed by atoms with E-state index in [1.807, 2.05) is 24.3 Å². The van der Waals surface area contributed by atoms with Crippen LogP contribution >= 0.6 is 11.3 Å². The Morgan fingerprint density at radius 3 is 2.64 bits per heavy atom.